The van der Waals surface area contributed by atoms with Gasteiger partial charge in [-0.25, -0.2) is 0 Å². The minimum atomic E-state index is 0.735. The van der Waals surface area contributed by atoms with Crippen LogP contribution in [0.15, 0.2) is 24.3 Å². The Balaban J connectivity index is 1.77. The fourth-order valence-corrected chi connectivity index (χ4v) is 2.07. The Morgan fingerprint density at radius 3 is 2.62 bits per heavy atom. The van der Waals surface area contributed by atoms with Crippen molar-refractivity contribution in [3.05, 3.63) is 35.4 Å². The van der Waals surface area contributed by atoms with E-state index in [2.05, 4.69) is 29.6 Å². The molecule has 2 nitrogen and oxygen atoms in total. The molecule has 1 aliphatic carbocycles. The summed E-state index contributed by atoms with van der Waals surface area (Å²) in [5.41, 5.74) is 8.41. The molecule has 1 aromatic carbocycles. The minimum absolute atomic E-state index is 0.735. The normalized spacial score (nSPS) is 15.3. The molecule has 2 heteroatoms. The monoisotopic (exact) mass is 218 g/mol. The van der Waals surface area contributed by atoms with Crippen LogP contribution < -0.4 is 11.1 Å². The van der Waals surface area contributed by atoms with Crippen LogP contribution in [-0.4, -0.2) is 13.1 Å². The van der Waals surface area contributed by atoms with Crippen molar-refractivity contribution in [3.63, 3.8) is 0 Å². The van der Waals surface area contributed by atoms with Crippen LogP contribution in [0.5, 0.6) is 0 Å². The molecule has 0 saturated heterocycles. The van der Waals surface area contributed by atoms with Gasteiger partial charge in [-0.2, -0.15) is 0 Å². The highest BCUT2D eigenvalue weighted by Crippen LogP contribution is 2.31. The Morgan fingerprint density at radius 1 is 1.19 bits per heavy atom. The maximum atomic E-state index is 5.61. The largest absolute Gasteiger partial charge is 0.330 e. The van der Waals surface area contributed by atoms with Crippen LogP contribution in [0, 0.1) is 5.92 Å². The summed E-state index contributed by atoms with van der Waals surface area (Å²) < 4.78 is 0. The summed E-state index contributed by atoms with van der Waals surface area (Å²) in [6.07, 6.45) is 5.23. The van der Waals surface area contributed by atoms with Crippen molar-refractivity contribution in [1.29, 1.82) is 0 Å². The van der Waals surface area contributed by atoms with Crippen LogP contribution in [0.1, 0.15) is 30.4 Å². The van der Waals surface area contributed by atoms with E-state index in [-0.39, 0.29) is 0 Å². The first-order valence-corrected chi connectivity index (χ1v) is 6.37. The van der Waals surface area contributed by atoms with E-state index in [1.807, 2.05) is 0 Å². The Morgan fingerprint density at radius 2 is 1.94 bits per heavy atom. The van der Waals surface area contributed by atoms with Crippen molar-refractivity contribution in [2.24, 2.45) is 11.7 Å². The Kier molecular flexibility index (Phi) is 4.37. The molecule has 88 valence electrons. The van der Waals surface area contributed by atoms with E-state index in [0.717, 1.165) is 32.0 Å². The standard InChI is InChI=1S/C14H22N2/c15-9-7-13-3-1-2-4-14(13)11-16-10-8-12-5-6-12/h1-4,12,16H,5-11,15H2. The number of nitrogens with two attached hydrogens (primary N) is 1. The molecule has 1 aromatic rings. The molecule has 2 rings (SSSR count). The average molecular weight is 218 g/mol. The van der Waals surface area contributed by atoms with Gasteiger partial charge in [0.05, 0.1) is 0 Å². The smallest absolute Gasteiger partial charge is 0.0208 e. The number of nitrogens with one attached hydrogen (secondary N) is 1. The highest BCUT2D eigenvalue weighted by atomic mass is 14.8. The van der Waals surface area contributed by atoms with Gasteiger partial charge in [0.2, 0.25) is 0 Å². The topological polar surface area (TPSA) is 38.0 Å². The Bertz CT molecular complexity index is 318. The lowest BCUT2D eigenvalue weighted by Gasteiger charge is -2.09. The molecule has 0 aromatic heterocycles. The van der Waals surface area contributed by atoms with E-state index in [1.54, 1.807) is 0 Å². The van der Waals surface area contributed by atoms with Crippen molar-refractivity contribution in [2.45, 2.75) is 32.2 Å². The van der Waals surface area contributed by atoms with Gasteiger partial charge in [-0.15, -0.1) is 0 Å². The van der Waals surface area contributed by atoms with Crippen molar-refractivity contribution in [2.75, 3.05) is 13.1 Å². The first-order chi connectivity index (χ1) is 7.90. The van der Waals surface area contributed by atoms with E-state index in [1.165, 1.54) is 30.4 Å². The zero-order valence-electron chi connectivity index (χ0n) is 9.91. The summed E-state index contributed by atoms with van der Waals surface area (Å²) in [6.45, 7) is 2.88. The van der Waals surface area contributed by atoms with Crippen molar-refractivity contribution < 1.29 is 0 Å². The molecule has 0 amide bonds. The van der Waals surface area contributed by atoms with Gasteiger partial charge in [0.25, 0.3) is 0 Å². The van der Waals surface area contributed by atoms with E-state index in [4.69, 9.17) is 5.73 Å². The number of benzene rings is 1. The first-order valence-electron chi connectivity index (χ1n) is 6.37. The van der Waals surface area contributed by atoms with Gasteiger partial charge in [0.1, 0.15) is 0 Å². The zero-order chi connectivity index (χ0) is 11.2. The molecule has 16 heavy (non-hydrogen) atoms. The van der Waals surface area contributed by atoms with Gasteiger partial charge in [-0.1, -0.05) is 37.1 Å². The van der Waals surface area contributed by atoms with Crippen LogP contribution in [0.4, 0.5) is 0 Å². The fourth-order valence-electron chi connectivity index (χ4n) is 2.07. The summed E-state index contributed by atoms with van der Waals surface area (Å²) in [7, 11) is 0. The maximum absolute atomic E-state index is 5.61. The third kappa shape index (κ3) is 3.62. The van der Waals surface area contributed by atoms with Gasteiger partial charge in [0, 0.05) is 6.54 Å². The molecule has 0 heterocycles. The van der Waals surface area contributed by atoms with E-state index in [0.29, 0.717) is 0 Å². The van der Waals surface area contributed by atoms with Gasteiger partial charge in [0.15, 0.2) is 0 Å². The Hall–Kier alpha value is -0.860. The molecule has 1 fully saturated rings. The van der Waals surface area contributed by atoms with Crippen molar-refractivity contribution in [3.8, 4) is 0 Å². The first kappa shape index (κ1) is 11.6. The maximum Gasteiger partial charge on any atom is 0.0208 e. The summed E-state index contributed by atoms with van der Waals surface area (Å²) in [4.78, 5) is 0. The number of rotatable bonds is 7. The van der Waals surface area contributed by atoms with Crippen LogP contribution in [0.25, 0.3) is 0 Å². The molecular formula is C14H22N2. The molecule has 3 N–H and O–H groups in total. The van der Waals surface area contributed by atoms with Crippen LogP contribution >= 0.6 is 0 Å². The lowest BCUT2D eigenvalue weighted by Crippen LogP contribution is -2.17. The van der Waals surface area contributed by atoms with Gasteiger partial charge in [-0.05, 0) is 43.0 Å². The second-order valence-corrected chi connectivity index (χ2v) is 4.72. The van der Waals surface area contributed by atoms with Crippen LogP contribution in [0.2, 0.25) is 0 Å². The van der Waals surface area contributed by atoms with Crippen molar-refractivity contribution in [1.82, 2.24) is 5.32 Å². The third-order valence-corrected chi connectivity index (χ3v) is 3.27. The molecule has 1 saturated carbocycles. The molecule has 1 aliphatic rings. The SMILES string of the molecule is NCCc1ccccc1CNCCC1CC1. The second kappa shape index (κ2) is 6.02. The summed E-state index contributed by atoms with van der Waals surface area (Å²) >= 11 is 0. The van der Waals surface area contributed by atoms with Crippen molar-refractivity contribution >= 4 is 0 Å². The third-order valence-electron chi connectivity index (χ3n) is 3.27. The van der Waals surface area contributed by atoms with E-state index >= 15 is 0 Å². The number of hydrogen-bond acceptors (Lipinski definition) is 2. The lowest BCUT2D eigenvalue weighted by atomic mass is 10.0. The van der Waals surface area contributed by atoms with E-state index in [9.17, 15) is 0 Å². The molecule has 0 spiro atoms. The summed E-state index contributed by atoms with van der Waals surface area (Å²) in [6, 6.07) is 8.59. The lowest BCUT2D eigenvalue weighted by molar-refractivity contribution is 0.610. The molecule has 0 aliphatic heterocycles. The Labute approximate surface area is 98.2 Å². The van der Waals surface area contributed by atoms with E-state index < -0.39 is 0 Å². The number of hydrogen-bond donors (Lipinski definition) is 2. The predicted octanol–water partition coefficient (Wildman–Crippen LogP) is 2.08. The highest BCUT2D eigenvalue weighted by Gasteiger charge is 2.19. The van der Waals surface area contributed by atoms with Crippen LogP contribution in [0.3, 0.4) is 0 Å². The van der Waals surface area contributed by atoms with Crippen LogP contribution in [-0.2, 0) is 13.0 Å². The average Bonchev–Trinajstić information content (AvgIpc) is 3.11. The van der Waals surface area contributed by atoms with Gasteiger partial charge < -0.3 is 11.1 Å². The second-order valence-electron chi connectivity index (χ2n) is 4.72. The molecule has 0 bridgehead atoms. The highest BCUT2D eigenvalue weighted by molar-refractivity contribution is 5.27. The molecule has 0 unspecified atom stereocenters. The quantitative estimate of drug-likeness (QED) is 0.688. The zero-order valence-corrected chi connectivity index (χ0v) is 9.91. The predicted molar refractivity (Wildman–Crippen MR) is 68.2 cm³/mol. The fraction of sp³-hybridized carbons (Fsp3) is 0.571. The van der Waals surface area contributed by atoms with Gasteiger partial charge in [-0.3, -0.25) is 0 Å². The molecular weight excluding hydrogens is 196 g/mol. The minimum Gasteiger partial charge on any atom is -0.330 e. The summed E-state index contributed by atoms with van der Waals surface area (Å²) in [5.74, 6) is 1.02. The molecule has 0 radical (unpaired) electrons. The molecule has 0 atom stereocenters. The van der Waals surface area contributed by atoms with Gasteiger partial charge >= 0.3 is 0 Å². The summed E-state index contributed by atoms with van der Waals surface area (Å²) in [5, 5.41) is 3.53.